The van der Waals surface area contributed by atoms with E-state index in [9.17, 15) is 10.1 Å². The first kappa shape index (κ1) is 21.9. The standard InChI is InChI=1S/C23H29N7O2/c1-18(2)22(23-24-25-26-29(23)13-12-19-6-4-3-5-7-19)28-16-14-27(15-17-28)20-8-10-21(11-9-20)30(31)32/h3-11,18,22H,12-17H2,1-2H3/t22-/m1/s1. The lowest BCUT2D eigenvalue weighted by molar-refractivity contribution is -0.384. The molecule has 1 aliphatic heterocycles. The summed E-state index contributed by atoms with van der Waals surface area (Å²) >= 11 is 0. The molecule has 4 rings (SSSR count). The second kappa shape index (κ2) is 9.86. The molecule has 9 heteroatoms. The number of anilines is 1. The summed E-state index contributed by atoms with van der Waals surface area (Å²) in [4.78, 5) is 15.3. The number of hydrogen-bond acceptors (Lipinski definition) is 7. The Morgan fingerprint density at radius 2 is 1.69 bits per heavy atom. The molecule has 1 aliphatic rings. The van der Waals surface area contributed by atoms with Crippen molar-refractivity contribution >= 4 is 11.4 Å². The number of piperazine rings is 1. The number of nitro groups is 1. The van der Waals surface area contributed by atoms with E-state index in [2.05, 4.69) is 63.4 Å². The van der Waals surface area contributed by atoms with E-state index in [0.29, 0.717) is 5.92 Å². The van der Waals surface area contributed by atoms with E-state index >= 15 is 0 Å². The van der Waals surface area contributed by atoms with Crippen LogP contribution in [0.2, 0.25) is 0 Å². The number of aryl methyl sites for hydroxylation is 2. The van der Waals surface area contributed by atoms with Gasteiger partial charge in [0.15, 0.2) is 5.82 Å². The number of non-ortho nitro benzene ring substituents is 1. The van der Waals surface area contributed by atoms with Crippen LogP contribution in [0.5, 0.6) is 0 Å². The van der Waals surface area contributed by atoms with Crippen LogP contribution in [0.25, 0.3) is 0 Å². The van der Waals surface area contributed by atoms with E-state index < -0.39 is 0 Å². The van der Waals surface area contributed by atoms with E-state index in [1.165, 1.54) is 5.56 Å². The number of tetrazole rings is 1. The SMILES string of the molecule is CC(C)[C@H](c1nnnn1CCc1ccccc1)N1CCN(c2ccc([N+](=O)[O-])cc2)CC1. The van der Waals surface area contributed by atoms with Gasteiger partial charge >= 0.3 is 0 Å². The molecule has 1 atom stereocenters. The van der Waals surface area contributed by atoms with Gasteiger partial charge in [-0.1, -0.05) is 44.2 Å². The highest BCUT2D eigenvalue weighted by Gasteiger charge is 2.31. The summed E-state index contributed by atoms with van der Waals surface area (Å²) < 4.78 is 1.94. The van der Waals surface area contributed by atoms with Gasteiger partial charge in [-0.15, -0.1) is 5.10 Å². The van der Waals surface area contributed by atoms with Gasteiger partial charge in [0.25, 0.3) is 5.69 Å². The Kier molecular flexibility index (Phi) is 6.75. The summed E-state index contributed by atoms with van der Waals surface area (Å²) in [6.45, 7) is 8.64. The van der Waals surface area contributed by atoms with Crippen LogP contribution in [0.3, 0.4) is 0 Å². The molecule has 2 aromatic carbocycles. The molecule has 32 heavy (non-hydrogen) atoms. The van der Waals surface area contributed by atoms with Crippen molar-refractivity contribution in [2.24, 2.45) is 5.92 Å². The zero-order valence-electron chi connectivity index (χ0n) is 18.5. The molecule has 1 aromatic heterocycles. The fourth-order valence-electron chi connectivity index (χ4n) is 4.39. The van der Waals surface area contributed by atoms with E-state index in [1.54, 1.807) is 12.1 Å². The average molecular weight is 436 g/mol. The zero-order valence-corrected chi connectivity index (χ0v) is 18.5. The van der Waals surface area contributed by atoms with Crippen molar-refractivity contribution in [3.8, 4) is 0 Å². The number of hydrogen-bond donors (Lipinski definition) is 0. The number of aromatic nitrogens is 4. The van der Waals surface area contributed by atoms with E-state index in [1.807, 2.05) is 22.9 Å². The van der Waals surface area contributed by atoms with Crippen molar-refractivity contribution in [2.45, 2.75) is 32.9 Å². The molecule has 9 nitrogen and oxygen atoms in total. The van der Waals surface area contributed by atoms with E-state index in [4.69, 9.17) is 0 Å². The summed E-state index contributed by atoms with van der Waals surface area (Å²) in [7, 11) is 0. The maximum atomic E-state index is 10.9. The van der Waals surface area contributed by atoms with E-state index in [-0.39, 0.29) is 16.7 Å². The molecule has 0 aliphatic carbocycles. The molecule has 0 amide bonds. The highest BCUT2D eigenvalue weighted by molar-refractivity contribution is 5.51. The molecule has 0 saturated carbocycles. The molecule has 168 valence electrons. The van der Waals surface area contributed by atoms with Gasteiger partial charge in [0.1, 0.15) is 0 Å². The minimum absolute atomic E-state index is 0.120. The Morgan fingerprint density at radius 3 is 2.31 bits per heavy atom. The Labute approximate surface area is 187 Å². The van der Waals surface area contributed by atoms with Crippen LogP contribution in [-0.2, 0) is 13.0 Å². The van der Waals surface area contributed by atoms with Crippen LogP contribution in [0.4, 0.5) is 11.4 Å². The normalized spacial score (nSPS) is 15.8. The molecule has 3 aromatic rings. The molecule has 2 heterocycles. The summed E-state index contributed by atoms with van der Waals surface area (Å²) in [5, 5.41) is 23.6. The third kappa shape index (κ3) is 4.94. The Bertz CT molecular complexity index is 1010. The van der Waals surface area contributed by atoms with Gasteiger partial charge in [0.05, 0.1) is 11.0 Å². The molecular weight excluding hydrogens is 406 g/mol. The molecule has 1 fully saturated rings. The fourth-order valence-corrected chi connectivity index (χ4v) is 4.39. The van der Waals surface area contributed by atoms with Crippen molar-refractivity contribution in [3.63, 3.8) is 0 Å². The van der Waals surface area contributed by atoms with Gasteiger partial charge in [-0.3, -0.25) is 15.0 Å². The third-order valence-electron chi connectivity index (χ3n) is 6.04. The molecular formula is C23H29N7O2. The largest absolute Gasteiger partial charge is 0.369 e. The lowest BCUT2D eigenvalue weighted by Gasteiger charge is -2.41. The van der Waals surface area contributed by atoms with E-state index in [0.717, 1.165) is 50.7 Å². The highest BCUT2D eigenvalue weighted by Crippen LogP contribution is 2.29. The molecule has 0 unspecified atom stereocenters. The number of nitrogens with zero attached hydrogens (tertiary/aromatic N) is 7. The molecule has 0 bridgehead atoms. The number of rotatable bonds is 8. The third-order valence-corrected chi connectivity index (χ3v) is 6.04. The van der Waals surface area contributed by atoms with Crippen LogP contribution in [0, 0.1) is 16.0 Å². The Hall–Kier alpha value is -3.33. The lowest BCUT2D eigenvalue weighted by Crippen LogP contribution is -2.49. The first-order valence-electron chi connectivity index (χ1n) is 11.1. The van der Waals surface area contributed by atoms with Crippen molar-refractivity contribution in [3.05, 3.63) is 76.1 Å². The first-order chi connectivity index (χ1) is 15.5. The second-order valence-corrected chi connectivity index (χ2v) is 8.48. The molecule has 0 N–H and O–H groups in total. The minimum atomic E-state index is -0.364. The average Bonchev–Trinajstić information content (AvgIpc) is 3.27. The zero-order chi connectivity index (χ0) is 22.5. The first-order valence-corrected chi connectivity index (χ1v) is 11.1. The molecule has 0 radical (unpaired) electrons. The second-order valence-electron chi connectivity index (χ2n) is 8.48. The maximum Gasteiger partial charge on any atom is 0.269 e. The number of benzene rings is 2. The van der Waals surface area contributed by atoms with Crippen LogP contribution >= 0.6 is 0 Å². The monoisotopic (exact) mass is 435 g/mol. The summed E-state index contributed by atoms with van der Waals surface area (Å²) in [6, 6.07) is 17.3. The number of nitro benzene ring substituents is 1. The minimum Gasteiger partial charge on any atom is -0.369 e. The molecule has 0 spiro atoms. The molecule has 1 saturated heterocycles. The van der Waals surface area contributed by atoms with Crippen LogP contribution in [0.1, 0.15) is 31.3 Å². The Balaban J connectivity index is 1.42. The summed E-state index contributed by atoms with van der Waals surface area (Å²) in [5.41, 5.74) is 2.41. The van der Waals surface area contributed by atoms with Crippen molar-refractivity contribution in [2.75, 3.05) is 31.1 Å². The maximum absolute atomic E-state index is 10.9. The van der Waals surface area contributed by atoms with Crippen molar-refractivity contribution < 1.29 is 4.92 Å². The fraction of sp³-hybridized carbons (Fsp3) is 0.435. The quantitative estimate of drug-likeness (QED) is 0.396. The topological polar surface area (TPSA) is 93.2 Å². The van der Waals surface area contributed by atoms with Crippen molar-refractivity contribution in [1.82, 2.24) is 25.1 Å². The van der Waals surface area contributed by atoms with Crippen LogP contribution in [0.15, 0.2) is 54.6 Å². The van der Waals surface area contributed by atoms with Crippen LogP contribution in [-0.4, -0.2) is 56.2 Å². The van der Waals surface area contributed by atoms with Crippen LogP contribution < -0.4 is 4.90 Å². The van der Waals surface area contributed by atoms with Crippen molar-refractivity contribution in [1.29, 1.82) is 0 Å². The van der Waals surface area contributed by atoms with Gasteiger partial charge in [0.2, 0.25) is 0 Å². The van der Waals surface area contributed by atoms with Gasteiger partial charge in [0, 0.05) is 50.5 Å². The van der Waals surface area contributed by atoms with Gasteiger partial charge in [-0.25, -0.2) is 4.68 Å². The summed E-state index contributed by atoms with van der Waals surface area (Å²) in [6.07, 6.45) is 0.887. The Morgan fingerprint density at radius 1 is 1.00 bits per heavy atom. The lowest BCUT2D eigenvalue weighted by atomic mass is 10.0. The highest BCUT2D eigenvalue weighted by atomic mass is 16.6. The van der Waals surface area contributed by atoms with Gasteiger partial charge in [-0.05, 0) is 40.5 Å². The predicted molar refractivity (Wildman–Crippen MR) is 122 cm³/mol. The summed E-state index contributed by atoms with van der Waals surface area (Å²) in [5.74, 6) is 1.28. The van der Waals surface area contributed by atoms with Gasteiger partial charge < -0.3 is 4.90 Å². The smallest absolute Gasteiger partial charge is 0.269 e. The van der Waals surface area contributed by atoms with Gasteiger partial charge in [-0.2, -0.15) is 0 Å². The predicted octanol–water partition coefficient (Wildman–Crippen LogP) is 3.34.